The fraction of sp³-hybridized carbons (Fsp3) is 0.381. The monoisotopic (exact) mass is 468 g/mol. The van der Waals surface area contributed by atoms with Crippen LogP contribution in [0.4, 0.5) is 0 Å². The first-order valence-corrected chi connectivity index (χ1v) is 10.6. The summed E-state index contributed by atoms with van der Waals surface area (Å²) in [5.74, 6) is -2.93. The Hall–Kier alpha value is -4.13. The predicted molar refractivity (Wildman–Crippen MR) is 110 cm³/mol. The average Bonchev–Trinajstić information content (AvgIpc) is 3.52. The molecule has 1 aromatic heterocycles. The zero-order valence-corrected chi connectivity index (χ0v) is 17.8. The van der Waals surface area contributed by atoms with Gasteiger partial charge in [0.1, 0.15) is 12.1 Å². The molecule has 2 fully saturated rings. The summed E-state index contributed by atoms with van der Waals surface area (Å²) in [4.78, 5) is 62.2. The summed E-state index contributed by atoms with van der Waals surface area (Å²) in [5.41, 5.74) is 1.62. The highest BCUT2D eigenvalue weighted by molar-refractivity contribution is 6.05. The molecule has 3 aliphatic heterocycles. The van der Waals surface area contributed by atoms with Crippen molar-refractivity contribution in [3.05, 3.63) is 41.2 Å². The van der Waals surface area contributed by atoms with Crippen LogP contribution in [-0.2, 0) is 25.7 Å². The van der Waals surface area contributed by atoms with Crippen LogP contribution < -0.4 is 10.6 Å². The molecule has 3 aliphatic rings. The van der Waals surface area contributed by atoms with Crippen molar-refractivity contribution in [1.82, 2.24) is 30.5 Å². The highest BCUT2D eigenvalue weighted by Crippen LogP contribution is 2.29. The minimum Gasteiger partial charge on any atom is -0.464 e. The van der Waals surface area contributed by atoms with E-state index in [1.165, 1.54) is 15.8 Å². The molecule has 0 saturated carbocycles. The molecule has 4 heterocycles. The third-order valence-electron chi connectivity index (χ3n) is 6.18. The summed E-state index contributed by atoms with van der Waals surface area (Å²) >= 11 is 0. The second-order valence-electron chi connectivity index (χ2n) is 8.31. The normalized spacial score (nSPS) is 24.1. The van der Waals surface area contributed by atoms with Crippen LogP contribution >= 0.6 is 0 Å². The molecule has 0 spiro atoms. The Bertz CT molecular complexity index is 1220. The Labute approximate surface area is 192 Å². The van der Waals surface area contributed by atoms with E-state index in [4.69, 9.17) is 4.74 Å². The smallest absolute Gasteiger partial charge is 0.329 e. The first-order valence-electron chi connectivity index (χ1n) is 10.6. The van der Waals surface area contributed by atoms with Gasteiger partial charge in [-0.3, -0.25) is 24.5 Å². The molecule has 0 aliphatic carbocycles. The van der Waals surface area contributed by atoms with Crippen molar-refractivity contribution in [3.8, 4) is 5.69 Å². The molecule has 2 aromatic rings. The SMILES string of the molecule is O=C1CCC(N2Cc3cc(-n4cc(C(=O)N[C@H]5C(=O)OC[C@H]5CO)nn4)ccc3C2=O)C(=O)N1. The number of hydrogen-bond donors (Lipinski definition) is 3. The van der Waals surface area contributed by atoms with Crippen molar-refractivity contribution in [2.24, 2.45) is 5.92 Å². The van der Waals surface area contributed by atoms with Crippen molar-refractivity contribution in [2.45, 2.75) is 31.5 Å². The fourth-order valence-corrected chi connectivity index (χ4v) is 4.32. The second-order valence-corrected chi connectivity index (χ2v) is 8.31. The molecule has 3 atom stereocenters. The number of piperidine rings is 1. The highest BCUT2D eigenvalue weighted by atomic mass is 16.5. The topological polar surface area (TPSA) is 173 Å². The van der Waals surface area contributed by atoms with E-state index in [-0.39, 0.29) is 50.1 Å². The van der Waals surface area contributed by atoms with Gasteiger partial charge >= 0.3 is 5.97 Å². The van der Waals surface area contributed by atoms with E-state index in [1.807, 2.05) is 0 Å². The molecule has 2 saturated heterocycles. The van der Waals surface area contributed by atoms with E-state index in [0.29, 0.717) is 16.8 Å². The van der Waals surface area contributed by atoms with Gasteiger partial charge in [0.15, 0.2) is 5.69 Å². The number of aliphatic hydroxyl groups excluding tert-OH is 1. The van der Waals surface area contributed by atoms with Gasteiger partial charge in [0.2, 0.25) is 11.8 Å². The maximum Gasteiger partial charge on any atom is 0.329 e. The van der Waals surface area contributed by atoms with E-state index in [1.54, 1.807) is 18.2 Å². The molecule has 0 bridgehead atoms. The van der Waals surface area contributed by atoms with Crippen molar-refractivity contribution in [3.63, 3.8) is 0 Å². The van der Waals surface area contributed by atoms with E-state index < -0.39 is 35.8 Å². The molecule has 5 rings (SSSR count). The lowest BCUT2D eigenvalue weighted by Gasteiger charge is -2.29. The molecule has 34 heavy (non-hydrogen) atoms. The molecule has 1 unspecified atom stereocenters. The van der Waals surface area contributed by atoms with Gasteiger partial charge in [-0.05, 0) is 30.2 Å². The van der Waals surface area contributed by atoms with E-state index in [9.17, 15) is 29.1 Å². The number of ether oxygens (including phenoxy) is 1. The predicted octanol–water partition coefficient (Wildman–Crippen LogP) is -1.71. The average molecular weight is 468 g/mol. The van der Waals surface area contributed by atoms with Crippen molar-refractivity contribution in [2.75, 3.05) is 13.2 Å². The van der Waals surface area contributed by atoms with Gasteiger partial charge in [0, 0.05) is 24.4 Å². The number of imide groups is 1. The number of hydrogen-bond acceptors (Lipinski definition) is 9. The summed E-state index contributed by atoms with van der Waals surface area (Å²) in [6.07, 6.45) is 1.81. The van der Waals surface area contributed by atoms with Gasteiger partial charge in [0.05, 0.1) is 25.1 Å². The summed E-state index contributed by atoms with van der Waals surface area (Å²) in [6, 6.07) is 3.28. The van der Waals surface area contributed by atoms with Gasteiger partial charge in [-0.15, -0.1) is 5.10 Å². The molecule has 176 valence electrons. The largest absolute Gasteiger partial charge is 0.464 e. The maximum absolute atomic E-state index is 12.8. The van der Waals surface area contributed by atoms with Crippen molar-refractivity contribution < 1.29 is 33.8 Å². The summed E-state index contributed by atoms with van der Waals surface area (Å²) < 4.78 is 6.22. The first kappa shape index (κ1) is 21.7. The number of aliphatic hydroxyl groups is 1. The molecule has 13 heteroatoms. The number of esters is 1. The Kier molecular flexibility index (Phi) is 5.32. The maximum atomic E-state index is 12.8. The zero-order chi connectivity index (χ0) is 24.0. The van der Waals surface area contributed by atoms with Gasteiger partial charge in [-0.2, -0.15) is 0 Å². The molecule has 4 amide bonds. The molecular formula is C21H20N6O7. The third kappa shape index (κ3) is 3.69. The minimum absolute atomic E-state index is 0.0245. The number of amides is 4. The number of fused-ring (bicyclic) bond motifs is 1. The fourth-order valence-electron chi connectivity index (χ4n) is 4.32. The van der Waals surface area contributed by atoms with Crippen molar-refractivity contribution >= 4 is 29.6 Å². The lowest BCUT2D eigenvalue weighted by molar-refractivity contribution is -0.139. The number of carbonyl (C=O) groups is 5. The van der Waals surface area contributed by atoms with E-state index in [0.717, 1.165) is 0 Å². The van der Waals surface area contributed by atoms with Gasteiger partial charge in [-0.25, -0.2) is 9.48 Å². The Morgan fingerprint density at radius 2 is 2.09 bits per heavy atom. The minimum atomic E-state index is -0.966. The van der Waals surface area contributed by atoms with Gasteiger partial charge in [-0.1, -0.05) is 5.21 Å². The summed E-state index contributed by atoms with van der Waals surface area (Å²) in [6.45, 7) is -0.0909. The van der Waals surface area contributed by atoms with E-state index in [2.05, 4.69) is 20.9 Å². The molecule has 1 aromatic carbocycles. The quantitative estimate of drug-likeness (QED) is 0.341. The lowest BCUT2D eigenvalue weighted by Crippen LogP contribution is -2.52. The van der Waals surface area contributed by atoms with Crippen LogP contribution in [0.1, 0.15) is 39.3 Å². The van der Waals surface area contributed by atoms with Crippen LogP contribution in [0.2, 0.25) is 0 Å². The standard InChI is InChI=1S/C21H20N6O7/c28-8-11-9-34-21(33)17(11)23-18(30)14-7-27(25-24-14)12-1-2-13-10(5-12)6-26(20(13)32)15-3-4-16(29)22-19(15)31/h1-2,5,7,11,15,17,28H,3-4,6,8-9H2,(H,23,30)(H,22,29,31)/t11-,15?,17-/m1/s1. The Morgan fingerprint density at radius 3 is 2.85 bits per heavy atom. The molecule has 13 nitrogen and oxygen atoms in total. The number of nitrogens with zero attached hydrogens (tertiary/aromatic N) is 4. The Balaban J connectivity index is 1.31. The number of nitrogens with one attached hydrogen (secondary N) is 2. The summed E-state index contributed by atoms with van der Waals surface area (Å²) in [5, 5.41) is 21.9. The van der Waals surface area contributed by atoms with Gasteiger partial charge in [0.25, 0.3) is 11.8 Å². The Morgan fingerprint density at radius 1 is 1.26 bits per heavy atom. The second kappa shape index (κ2) is 8.33. The van der Waals surface area contributed by atoms with Crippen molar-refractivity contribution in [1.29, 1.82) is 0 Å². The van der Waals surface area contributed by atoms with Crippen LogP contribution in [0.5, 0.6) is 0 Å². The van der Waals surface area contributed by atoms with Crippen LogP contribution in [0.3, 0.4) is 0 Å². The number of aromatic nitrogens is 3. The van der Waals surface area contributed by atoms with Crippen LogP contribution in [0.25, 0.3) is 5.69 Å². The van der Waals surface area contributed by atoms with Crippen LogP contribution in [-0.4, -0.2) is 79.9 Å². The first-order chi connectivity index (χ1) is 16.4. The number of carbonyl (C=O) groups excluding carboxylic acids is 5. The number of rotatable bonds is 5. The van der Waals surface area contributed by atoms with Crippen LogP contribution in [0.15, 0.2) is 24.4 Å². The highest BCUT2D eigenvalue weighted by Gasteiger charge is 2.40. The third-order valence-corrected chi connectivity index (χ3v) is 6.18. The molecule has 0 radical (unpaired) electrons. The van der Waals surface area contributed by atoms with Gasteiger partial charge < -0.3 is 20.1 Å². The summed E-state index contributed by atoms with van der Waals surface area (Å²) in [7, 11) is 0. The van der Waals surface area contributed by atoms with Crippen LogP contribution in [0, 0.1) is 5.92 Å². The molecular weight excluding hydrogens is 448 g/mol. The van der Waals surface area contributed by atoms with E-state index >= 15 is 0 Å². The number of cyclic esters (lactones) is 1. The number of benzene rings is 1. The zero-order valence-electron chi connectivity index (χ0n) is 17.8. The molecule has 3 N–H and O–H groups in total. The lowest BCUT2D eigenvalue weighted by atomic mass is 10.0.